The molecule has 2 N–H and O–H groups in total. The monoisotopic (exact) mass is 238 g/mol. The van der Waals surface area contributed by atoms with Crippen molar-refractivity contribution in [1.29, 1.82) is 0 Å². The maximum absolute atomic E-state index is 5.95. The molecule has 0 aliphatic heterocycles. The van der Waals surface area contributed by atoms with Crippen molar-refractivity contribution >= 4 is 17.3 Å². The number of benzene rings is 1. The highest BCUT2D eigenvalue weighted by Crippen LogP contribution is 2.26. The minimum Gasteiger partial charge on any atom is -0.486 e. The number of ether oxygens (including phenoxy) is 1. The van der Waals surface area contributed by atoms with Gasteiger partial charge in [0.25, 0.3) is 0 Å². The summed E-state index contributed by atoms with van der Waals surface area (Å²) in [7, 11) is 1.80. The van der Waals surface area contributed by atoms with Crippen LogP contribution in [0.5, 0.6) is 5.75 Å². The molecule has 0 aliphatic carbocycles. The third kappa shape index (κ3) is 2.43. The van der Waals surface area contributed by atoms with Crippen molar-refractivity contribution in [1.82, 2.24) is 15.0 Å². The Morgan fingerprint density at radius 3 is 3.00 bits per heavy atom. The zero-order valence-corrected chi connectivity index (χ0v) is 9.48. The Bertz CT molecular complexity index is 497. The largest absolute Gasteiger partial charge is 0.486 e. The van der Waals surface area contributed by atoms with Gasteiger partial charge in [-0.3, -0.25) is 4.68 Å². The standard InChI is InChI=1S/C10H11ClN4O/c1-15-5-8(13-14-15)6-16-10-4-7(12)2-3-9(10)11/h2-5H,6,12H2,1H3. The summed E-state index contributed by atoms with van der Waals surface area (Å²) in [6, 6.07) is 5.10. The van der Waals surface area contributed by atoms with Crippen LogP contribution >= 0.6 is 11.6 Å². The lowest BCUT2D eigenvalue weighted by molar-refractivity contribution is 0.301. The van der Waals surface area contributed by atoms with E-state index in [0.717, 1.165) is 5.69 Å². The summed E-state index contributed by atoms with van der Waals surface area (Å²) in [5.41, 5.74) is 6.98. The minimum absolute atomic E-state index is 0.316. The summed E-state index contributed by atoms with van der Waals surface area (Å²) in [4.78, 5) is 0. The molecular weight excluding hydrogens is 228 g/mol. The topological polar surface area (TPSA) is 66.0 Å². The number of nitrogen functional groups attached to an aromatic ring is 1. The molecular formula is C10H11ClN4O. The first-order valence-electron chi connectivity index (χ1n) is 4.68. The predicted molar refractivity (Wildman–Crippen MR) is 61.2 cm³/mol. The van der Waals surface area contributed by atoms with Crippen molar-refractivity contribution < 1.29 is 4.74 Å². The number of rotatable bonds is 3. The van der Waals surface area contributed by atoms with Gasteiger partial charge in [0.05, 0.1) is 11.2 Å². The molecule has 0 saturated heterocycles. The van der Waals surface area contributed by atoms with Gasteiger partial charge in [-0.15, -0.1) is 5.10 Å². The maximum atomic E-state index is 5.95. The van der Waals surface area contributed by atoms with Crippen molar-refractivity contribution in [2.75, 3.05) is 5.73 Å². The molecule has 2 aromatic rings. The van der Waals surface area contributed by atoms with Gasteiger partial charge >= 0.3 is 0 Å². The average Bonchev–Trinajstić information content (AvgIpc) is 2.66. The molecule has 6 heteroatoms. The fourth-order valence-electron chi connectivity index (χ4n) is 1.24. The Morgan fingerprint density at radius 2 is 2.31 bits per heavy atom. The number of aryl methyl sites for hydroxylation is 1. The van der Waals surface area contributed by atoms with Gasteiger partial charge in [0, 0.05) is 18.8 Å². The molecule has 1 heterocycles. The number of nitrogens with two attached hydrogens (primary N) is 1. The van der Waals surface area contributed by atoms with E-state index in [1.807, 2.05) is 0 Å². The first-order chi connectivity index (χ1) is 7.65. The minimum atomic E-state index is 0.316. The first-order valence-corrected chi connectivity index (χ1v) is 5.06. The van der Waals surface area contributed by atoms with E-state index in [0.29, 0.717) is 23.1 Å². The van der Waals surface area contributed by atoms with E-state index in [1.165, 1.54) is 0 Å². The molecule has 0 bridgehead atoms. The molecule has 0 fully saturated rings. The molecule has 84 valence electrons. The van der Waals surface area contributed by atoms with Gasteiger partial charge in [-0.25, -0.2) is 0 Å². The van der Waals surface area contributed by atoms with E-state index >= 15 is 0 Å². The van der Waals surface area contributed by atoms with Gasteiger partial charge < -0.3 is 10.5 Å². The molecule has 0 unspecified atom stereocenters. The summed E-state index contributed by atoms with van der Waals surface area (Å²) < 4.78 is 7.10. The van der Waals surface area contributed by atoms with Crippen LogP contribution in [-0.2, 0) is 13.7 Å². The van der Waals surface area contributed by atoms with E-state index in [4.69, 9.17) is 22.1 Å². The summed E-state index contributed by atoms with van der Waals surface area (Å²) >= 11 is 5.95. The molecule has 0 spiro atoms. The fourth-order valence-corrected chi connectivity index (χ4v) is 1.42. The van der Waals surface area contributed by atoms with Crippen molar-refractivity contribution in [3.63, 3.8) is 0 Å². The Hall–Kier alpha value is -1.75. The zero-order chi connectivity index (χ0) is 11.5. The molecule has 0 amide bonds. The maximum Gasteiger partial charge on any atom is 0.140 e. The van der Waals surface area contributed by atoms with Crippen LogP contribution in [-0.4, -0.2) is 15.0 Å². The van der Waals surface area contributed by atoms with E-state index in [-0.39, 0.29) is 0 Å². The second-order valence-electron chi connectivity index (χ2n) is 3.36. The third-order valence-electron chi connectivity index (χ3n) is 1.98. The van der Waals surface area contributed by atoms with E-state index in [9.17, 15) is 0 Å². The quantitative estimate of drug-likeness (QED) is 0.826. The second-order valence-corrected chi connectivity index (χ2v) is 3.77. The number of anilines is 1. The van der Waals surface area contributed by atoms with Gasteiger partial charge in [-0.1, -0.05) is 16.8 Å². The molecule has 16 heavy (non-hydrogen) atoms. The number of aromatic nitrogens is 3. The van der Waals surface area contributed by atoms with Crippen LogP contribution in [0.25, 0.3) is 0 Å². The summed E-state index contributed by atoms with van der Waals surface area (Å²) in [6.07, 6.45) is 1.78. The normalized spacial score (nSPS) is 10.4. The summed E-state index contributed by atoms with van der Waals surface area (Å²) in [5.74, 6) is 0.548. The predicted octanol–water partition coefficient (Wildman–Crippen LogP) is 1.63. The molecule has 0 saturated carbocycles. The molecule has 0 aliphatic rings. The van der Waals surface area contributed by atoms with Gasteiger partial charge in [-0.2, -0.15) is 0 Å². The number of hydrogen-bond donors (Lipinski definition) is 1. The molecule has 0 atom stereocenters. The number of nitrogens with zero attached hydrogens (tertiary/aromatic N) is 3. The van der Waals surface area contributed by atoms with Crippen LogP contribution in [0, 0.1) is 0 Å². The number of hydrogen-bond acceptors (Lipinski definition) is 4. The van der Waals surface area contributed by atoms with Crippen LogP contribution in [0.4, 0.5) is 5.69 Å². The Balaban J connectivity index is 2.07. The van der Waals surface area contributed by atoms with Gasteiger partial charge in [-0.05, 0) is 12.1 Å². The molecule has 1 aromatic heterocycles. The molecule has 1 aromatic carbocycles. The van der Waals surface area contributed by atoms with E-state index in [1.54, 1.807) is 36.1 Å². The highest BCUT2D eigenvalue weighted by Gasteiger charge is 2.04. The smallest absolute Gasteiger partial charge is 0.140 e. The highest BCUT2D eigenvalue weighted by molar-refractivity contribution is 6.32. The number of halogens is 1. The van der Waals surface area contributed by atoms with Crippen molar-refractivity contribution in [3.05, 3.63) is 35.1 Å². The van der Waals surface area contributed by atoms with Gasteiger partial charge in [0.2, 0.25) is 0 Å². The molecule has 0 radical (unpaired) electrons. The zero-order valence-electron chi connectivity index (χ0n) is 8.72. The van der Waals surface area contributed by atoms with Crippen LogP contribution in [0.1, 0.15) is 5.69 Å². The third-order valence-corrected chi connectivity index (χ3v) is 2.29. The van der Waals surface area contributed by atoms with Crippen LogP contribution in [0.15, 0.2) is 24.4 Å². The molecule has 2 rings (SSSR count). The second kappa shape index (κ2) is 4.40. The van der Waals surface area contributed by atoms with Gasteiger partial charge in [0.1, 0.15) is 18.1 Å². The average molecular weight is 239 g/mol. The fraction of sp³-hybridized carbons (Fsp3) is 0.200. The Kier molecular flexibility index (Phi) is 2.96. The van der Waals surface area contributed by atoms with Crippen molar-refractivity contribution in [2.24, 2.45) is 7.05 Å². The summed E-state index contributed by atoms with van der Waals surface area (Å²) in [6.45, 7) is 0.316. The van der Waals surface area contributed by atoms with Crippen LogP contribution < -0.4 is 10.5 Å². The molecule has 5 nitrogen and oxygen atoms in total. The first kappa shape index (κ1) is 10.8. The summed E-state index contributed by atoms with van der Waals surface area (Å²) in [5, 5.41) is 8.22. The van der Waals surface area contributed by atoms with Gasteiger partial charge in [0.15, 0.2) is 0 Å². The Labute approximate surface area is 97.8 Å². The van der Waals surface area contributed by atoms with E-state index in [2.05, 4.69) is 10.3 Å². The lowest BCUT2D eigenvalue weighted by Gasteiger charge is -2.06. The van der Waals surface area contributed by atoms with Crippen LogP contribution in [0.2, 0.25) is 5.02 Å². The SMILES string of the molecule is Cn1cc(COc2cc(N)ccc2Cl)nn1. The van der Waals surface area contributed by atoms with E-state index < -0.39 is 0 Å². The lowest BCUT2D eigenvalue weighted by atomic mass is 10.3. The van der Waals surface area contributed by atoms with Crippen LogP contribution in [0.3, 0.4) is 0 Å². The Morgan fingerprint density at radius 1 is 1.50 bits per heavy atom. The highest BCUT2D eigenvalue weighted by atomic mass is 35.5. The lowest BCUT2D eigenvalue weighted by Crippen LogP contribution is -1.97. The van der Waals surface area contributed by atoms with Crippen molar-refractivity contribution in [3.8, 4) is 5.75 Å². The van der Waals surface area contributed by atoms with Crippen molar-refractivity contribution in [2.45, 2.75) is 6.61 Å².